The summed E-state index contributed by atoms with van der Waals surface area (Å²) in [6.45, 7) is -0.139. The Balaban J connectivity index is 1.96. The first kappa shape index (κ1) is 10.1. The number of aryl methyl sites for hydroxylation is 3. The lowest BCUT2D eigenvalue weighted by Crippen LogP contribution is -2.33. The highest BCUT2D eigenvalue weighted by atomic mass is 15.1. The second-order valence-corrected chi connectivity index (χ2v) is 5.56. The van der Waals surface area contributed by atoms with Crippen molar-refractivity contribution in [2.24, 2.45) is 7.05 Å². The quantitative estimate of drug-likeness (QED) is 0.491. The van der Waals surface area contributed by atoms with E-state index >= 15 is 0 Å². The molecule has 0 aliphatic heterocycles. The molecule has 0 aliphatic rings. The molecule has 0 saturated carbocycles. The van der Waals surface area contributed by atoms with Gasteiger partial charge in [0.2, 0.25) is 5.65 Å². The average molecular weight is 291 g/mol. The minimum Gasteiger partial charge on any atom is -0.227 e. The summed E-state index contributed by atoms with van der Waals surface area (Å²) in [6, 6.07) is 15.3. The van der Waals surface area contributed by atoms with E-state index in [-0.39, 0.29) is 0 Å². The van der Waals surface area contributed by atoms with E-state index in [9.17, 15) is 0 Å². The Morgan fingerprint density at radius 3 is 2.86 bits per heavy atom. The molecule has 0 bridgehead atoms. The summed E-state index contributed by atoms with van der Waals surface area (Å²) in [4.78, 5) is 4.65. The fourth-order valence-corrected chi connectivity index (χ4v) is 3.05. The van der Waals surface area contributed by atoms with E-state index in [1.54, 1.807) is 12.1 Å². The standard InChI is InChI=1S/C19H18N3/c1-13-7-8-15(14(2)12-13)17-10-9-16-19(21(17)3)22-11-5-4-6-18(22)20-16/h4-12H,1-3H3/q+1/i1D3. The molecule has 0 fully saturated rings. The van der Waals surface area contributed by atoms with Crippen molar-refractivity contribution in [3.05, 3.63) is 65.9 Å². The van der Waals surface area contributed by atoms with E-state index < -0.39 is 6.85 Å². The molecule has 4 rings (SSSR count). The first-order valence-corrected chi connectivity index (χ1v) is 7.23. The summed E-state index contributed by atoms with van der Waals surface area (Å²) < 4.78 is 26.9. The predicted octanol–water partition coefficient (Wildman–Crippen LogP) is 3.60. The maximum absolute atomic E-state index is 7.58. The maximum Gasteiger partial charge on any atom is 0.314 e. The zero-order chi connectivity index (χ0) is 17.8. The number of hydrogen-bond acceptors (Lipinski definition) is 1. The van der Waals surface area contributed by atoms with Gasteiger partial charge in [-0.1, -0.05) is 29.8 Å². The summed E-state index contributed by atoms with van der Waals surface area (Å²) in [6.07, 6.45) is 2.00. The van der Waals surface area contributed by atoms with E-state index in [0.717, 1.165) is 33.6 Å². The first-order chi connectivity index (χ1) is 11.9. The first-order valence-electron chi connectivity index (χ1n) is 8.73. The topological polar surface area (TPSA) is 21.2 Å². The lowest BCUT2D eigenvalue weighted by Gasteiger charge is -2.08. The van der Waals surface area contributed by atoms with Gasteiger partial charge in [0.25, 0.3) is 0 Å². The van der Waals surface area contributed by atoms with E-state index in [4.69, 9.17) is 4.11 Å². The molecule has 0 atom stereocenters. The highest BCUT2D eigenvalue weighted by Crippen LogP contribution is 2.23. The fourth-order valence-electron chi connectivity index (χ4n) is 3.05. The Kier molecular flexibility index (Phi) is 2.15. The molecular weight excluding hydrogens is 270 g/mol. The smallest absolute Gasteiger partial charge is 0.227 e. The van der Waals surface area contributed by atoms with Crippen LogP contribution in [-0.4, -0.2) is 9.38 Å². The largest absolute Gasteiger partial charge is 0.314 e. The van der Waals surface area contributed by atoms with Crippen LogP contribution in [0.4, 0.5) is 0 Å². The van der Waals surface area contributed by atoms with Crippen molar-refractivity contribution in [1.29, 1.82) is 0 Å². The van der Waals surface area contributed by atoms with Gasteiger partial charge < -0.3 is 0 Å². The molecule has 3 nitrogen and oxygen atoms in total. The van der Waals surface area contributed by atoms with Crippen LogP contribution in [0.25, 0.3) is 28.1 Å². The van der Waals surface area contributed by atoms with Crippen LogP contribution < -0.4 is 4.57 Å². The fraction of sp³-hybridized carbons (Fsp3) is 0.158. The van der Waals surface area contributed by atoms with Crippen LogP contribution >= 0.6 is 0 Å². The molecule has 0 saturated heterocycles. The van der Waals surface area contributed by atoms with Crippen molar-refractivity contribution < 1.29 is 8.68 Å². The number of imidazole rings is 1. The van der Waals surface area contributed by atoms with Crippen molar-refractivity contribution in [2.45, 2.75) is 13.8 Å². The van der Waals surface area contributed by atoms with Gasteiger partial charge in [0.1, 0.15) is 5.69 Å². The SMILES string of the molecule is [2H]C([2H])([2H])c1ccc(-c2ccc3nc4ccccn4c3[n+]2C)c(C)c1. The predicted molar refractivity (Wildman–Crippen MR) is 88.8 cm³/mol. The summed E-state index contributed by atoms with van der Waals surface area (Å²) in [5.41, 5.74) is 6.18. The molecule has 0 amide bonds. The van der Waals surface area contributed by atoms with Crippen molar-refractivity contribution >= 4 is 16.8 Å². The Morgan fingerprint density at radius 1 is 1.14 bits per heavy atom. The van der Waals surface area contributed by atoms with Crippen molar-refractivity contribution in [1.82, 2.24) is 9.38 Å². The Hall–Kier alpha value is -2.68. The molecular formula is C19H18N3+. The number of hydrogen-bond donors (Lipinski definition) is 0. The highest BCUT2D eigenvalue weighted by Gasteiger charge is 2.18. The zero-order valence-electron chi connectivity index (χ0n) is 15.5. The number of nitrogens with zero attached hydrogens (tertiary/aromatic N) is 3. The number of aromatic nitrogens is 3. The molecule has 0 unspecified atom stereocenters. The van der Waals surface area contributed by atoms with Crippen molar-refractivity contribution in [3.8, 4) is 11.3 Å². The Bertz CT molecular complexity index is 1110. The third-order valence-electron chi connectivity index (χ3n) is 4.11. The summed E-state index contributed by atoms with van der Waals surface area (Å²) in [7, 11) is 2.01. The van der Waals surface area contributed by atoms with Crippen LogP contribution in [0.2, 0.25) is 0 Å². The van der Waals surface area contributed by atoms with E-state index in [1.165, 1.54) is 0 Å². The Labute approximate surface area is 133 Å². The van der Waals surface area contributed by atoms with Crippen molar-refractivity contribution in [2.75, 3.05) is 0 Å². The third kappa shape index (κ3) is 1.82. The van der Waals surface area contributed by atoms with Crippen LogP contribution in [-0.2, 0) is 7.05 Å². The second kappa shape index (κ2) is 4.67. The monoisotopic (exact) mass is 291 g/mol. The lowest BCUT2D eigenvalue weighted by molar-refractivity contribution is -0.635. The zero-order valence-corrected chi connectivity index (χ0v) is 12.5. The number of rotatable bonds is 1. The molecule has 22 heavy (non-hydrogen) atoms. The third-order valence-corrected chi connectivity index (χ3v) is 4.11. The van der Waals surface area contributed by atoms with Gasteiger partial charge in [-0.25, -0.2) is 9.55 Å². The van der Waals surface area contributed by atoms with Gasteiger partial charge in [-0.05, 0) is 37.5 Å². The van der Waals surface area contributed by atoms with E-state index in [1.807, 2.05) is 56.6 Å². The van der Waals surface area contributed by atoms with Gasteiger partial charge in [-0.15, -0.1) is 0 Å². The molecule has 3 aromatic heterocycles. The van der Waals surface area contributed by atoms with Crippen LogP contribution in [0.1, 0.15) is 15.2 Å². The number of benzene rings is 1. The molecule has 0 N–H and O–H groups in total. The maximum atomic E-state index is 7.58. The molecule has 3 heteroatoms. The summed E-state index contributed by atoms with van der Waals surface area (Å²) in [5.74, 6) is 0. The number of pyridine rings is 2. The normalized spacial score (nSPS) is 14.0. The van der Waals surface area contributed by atoms with Crippen LogP contribution in [0.5, 0.6) is 0 Å². The molecule has 108 valence electrons. The molecule has 0 radical (unpaired) electrons. The summed E-state index contributed by atoms with van der Waals surface area (Å²) in [5, 5.41) is 0. The molecule has 0 aliphatic carbocycles. The van der Waals surface area contributed by atoms with Gasteiger partial charge in [0, 0.05) is 15.7 Å². The average Bonchev–Trinajstić information content (AvgIpc) is 2.94. The second-order valence-electron chi connectivity index (χ2n) is 5.56. The molecule has 1 aromatic carbocycles. The van der Waals surface area contributed by atoms with Gasteiger partial charge in [0.05, 0.1) is 13.2 Å². The van der Waals surface area contributed by atoms with Crippen molar-refractivity contribution in [3.63, 3.8) is 0 Å². The lowest BCUT2D eigenvalue weighted by atomic mass is 10.0. The number of fused-ring (bicyclic) bond motifs is 3. The van der Waals surface area contributed by atoms with E-state index in [0.29, 0.717) is 5.56 Å². The molecule has 3 heterocycles. The minimum absolute atomic E-state index is 0.368. The highest BCUT2D eigenvalue weighted by molar-refractivity contribution is 5.76. The summed E-state index contributed by atoms with van der Waals surface area (Å²) >= 11 is 0. The Morgan fingerprint density at radius 2 is 2.05 bits per heavy atom. The minimum atomic E-state index is -2.09. The van der Waals surface area contributed by atoms with Gasteiger partial charge in [-0.3, -0.25) is 0 Å². The van der Waals surface area contributed by atoms with Gasteiger partial charge in [0.15, 0.2) is 5.52 Å². The van der Waals surface area contributed by atoms with Crippen LogP contribution in [0, 0.1) is 13.8 Å². The molecule has 4 aromatic rings. The van der Waals surface area contributed by atoms with Gasteiger partial charge in [-0.2, -0.15) is 4.40 Å². The van der Waals surface area contributed by atoms with Crippen LogP contribution in [0.3, 0.4) is 0 Å². The molecule has 0 spiro atoms. The van der Waals surface area contributed by atoms with Gasteiger partial charge >= 0.3 is 5.65 Å². The van der Waals surface area contributed by atoms with E-state index in [2.05, 4.69) is 14.0 Å². The van der Waals surface area contributed by atoms with Crippen LogP contribution in [0.15, 0.2) is 54.7 Å².